The van der Waals surface area contributed by atoms with Crippen LogP contribution in [0.5, 0.6) is 0 Å². The largest absolute Gasteiger partial charge is 0.456 e. The van der Waals surface area contributed by atoms with Crippen LogP contribution in [0.25, 0.3) is 27.5 Å². The molecule has 0 fully saturated rings. The number of rotatable bonds is 2. The Kier molecular flexibility index (Phi) is 4.87. The standard InChI is InChI=1S/C19H18O.C2H6/c1-5-14(12(2)3)15-10-11-17-16-8-6-7-9-18(16)20-19(17)13(15)4;1-2/h5-11H,1H2,2-4H3;1-2H3. The second-order valence-corrected chi connectivity index (χ2v) is 5.33. The van der Waals surface area contributed by atoms with E-state index < -0.39 is 0 Å². The van der Waals surface area contributed by atoms with Gasteiger partial charge in [0.25, 0.3) is 0 Å². The minimum absolute atomic E-state index is 0.945. The van der Waals surface area contributed by atoms with Crippen molar-refractivity contribution < 1.29 is 4.42 Å². The normalized spacial score (nSPS) is 10.2. The molecule has 1 nitrogen and oxygen atoms in total. The van der Waals surface area contributed by atoms with Crippen molar-refractivity contribution in [2.75, 3.05) is 0 Å². The van der Waals surface area contributed by atoms with E-state index in [4.69, 9.17) is 4.42 Å². The highest BCUT2D eigenvalue weighted by molar-refractivity contribution is 6.07. The molecule has 0 atom stereocenters. The lowest BCUT2D eigenvalue weighted by Crippen LogP contribution is -1.89. The van der Waals surface area contributed by atoms with Crippen molar-refractivity contribution in [1.29, 1.82) is 0 Å². The Hall–Kier alpha value is -2.28. The number of furan rings is 1. The average Bonchev–Trinajstić information content (AvgIpc) is 2.91. The molecule has 2 aromatic carbocycles. The van der Waals surface area contributed by atoms with Gasteiger partial charge in [-0.05, 0) is 44.0 Å². The molecule has 0 saturated carbocycles. The summed E-state index contributed by atoms with van der Waals surface area (Å²) in [6.07, 6.45) is 1.92. The van der Waals surface area contributed by atoms with Gasteiger partial charge < -0.3 is 4.42 Å². The van der Waals surface area contributed by atoms with Crippen molar-refractivity contribution in [3.63, 3.8) is 0 Å². The van der Waals surface area contributed by atoms with E-state index in [2.05, 4.69) is 45.5 Å². The Labute approximate surface area is 133 Å². The van der Waals surface area contributed by atoms with Crippen LogP contribution >= 0.6 is 0 Å². The second-order valence-electron chi connectivity index (χ2n) is 5.33. The van der Waals surface area contributed by atoms with Crippen LogP contribution in [0, 0.1) is 6.92 Å². The predicted molar refractivity (Wildman–Crippen MR) is 98.3 cm³/mol. The smallest absolute Gasteiger partial charge is 0.138 e. The molecule has 0 spiro atoms. The summed E-state index contributed by atoms with van der Waals surface area (Å²) in [5.74, 6) is 0. The molecule has 0 bridgehead atoms. The van der Waals surface area contributed by atoms with Gasteiger partial charge in [-0.25, -0.2) is 0 Å². The highest BCUT2D eigenvalue weighted by Crippen LogP contribution is 2.34. The van der Waals surface area contributed by atoms with E-state index in [1.165, 1.54) is 33.0 Å². The third-order valence-corrected chi connectivity index (χ3v) is 3.83. The van der Waals surface area contributed by atoms with Crippen molar-refractivity contribution in [2.24, 2.45) is 0 Å². The number of benzene rings is 2. The van der Waals surface area contributed by atoms with Gasteiger partial charge in [-0.2, -0.15) is 0 Å². The molecule has 1 aromatic heterocycles. The fourth-order valence-corrected chi connectivity index (χ4v) is 2.80. The van der Waals surface area contributed by atoms with E-state index in [1.54, 1.807) is 0 Å². The number of allylic oxidation sites excluding steroid dienone is 3. The summed E-state index contributed by atoms with van der Waals surface area (Å²) in [7, 11) is 0. The van der Waals surface area contributed by atoms with Crippen LogP contribution in [0.1, 0.15) is 38.8 Å². The predicted octanol–water partition coefficient (Wildman–Crippen LogP) is 6.90. The lowest BCUT2D eigenvalue weighted by Gasteiger charge is -2.09. The van der Waals surface area contributed by atoms with Crippen LogP contribution in [-0.4, -0.2) is 0 Å². The Morgan fingerprint density at radius 2 is 1.68 bits per heavy atom. The van der Waals surface area contributed by atoms with Crippen LogP contribution in [0.3, 0.4) is 0 Å². The maximum absolute atomic E-state index is 6.04. The highest BCUT2D eigenvalue weighted by Gasteiger charge is 2.13. The van der Waals surface area contributed by atoms with Crippen molar-refractivity contribution in [3.8, 4) is 0 Å². The minimum Gasteiger partial charge on any atom is -0.456 e. The van der Waals surface area contributed by atoms with Gasteiger partial charge in [0.1, 0.15) is 11.2 Å². The van der Waals surface area contributed by atoms with Crippen LogP contribution in [-0.2, 0) is 0 Å². The van der Waals surface area contributed by atoms with Crippen LogP contribution in [0.2, 0.25) is 0 Å². The van der Waals surface area contributed by atoms with E-state index in [0.29, 0.717) is 0 Å². The second kappa shape index (κ2) is 6.65. The maximum Gasteiger partial charge on any atom is 0.138 e. The van der Waals surface area contributed by atoms with Gasteiger partial charge in [-0.15, -0.1) is 0 Å². The summed E-state index contributed by atoms with van der Waals surface area (Å²) in [5, 5.41) is 2.36. The van der Waals surface area contributed by atoms with Crippen molar-refractivity contribution in [3.05, 3.63) is 65.8 Å². The van der Waals surface area contributed by atoms with Crippen molar-refractivity contribution in [1.82, 2.24) is 0 Å². The van der Waals surface area contributed by atoms with Crippen LogP contribution < -0.4 is 0 Å². The summed E-state index contributed by atoms with van der Waals surface area (Å²) in [4.78, 5) is 0. The maximum atomic E-state index is 6.04. The number of para-hydroxylation sites is 1. The fourth-order valence-electron chi connectivity index (χ4n) is 2.80. The Morgan fingerprint density at radius 1 is 1.00 bits per heavy atom. The number of hydrogen-bond acceptors (Lipinski definition) is 1. The minimum atomic E-state index is 0.945. The van der Waals surface area contributed by atoms with Gasteiger partial charge in [-0.1, -0.05) is 56.3 Å². The van der Waals surface area contributed by atoms with E-state index in [1.807, 2.05) is 38.1 Å². The molecule has 0 N–H and O–H groups in total. The third-order valence-electron chi connectivity index (χ3n) is 3.83. The third kappa shape index (κ3) is 2.59. The molecular formula is C21H24O. The first-order valence-electron chi connectivity index (χ1n) is 7.84. The lowest BCUT2D eigenvalue weighted by molar-refractivity contribution is 0.665. The van der Waals surface area contributed by atoms with Gasteiger partial charge in [0.2, 0.25) is 0 Å². The van der Waals surface area contributed by atoms with E-state index in [-0.39, 0.29) is 0 Å². The zero-order valence-electron chi connectivity index (χ0n) is 14.2. The molecule has 0 radical (unpaired) electrons. The van der Waals surface area contributed by atoms with Gasteiger partial charge in [0.15, 0.2) is 0 Å². The van der Waals surface area contributed by atoms with Crippen molar-refractivity contribution >= 4 is 27.5 Å². The molecule has 1 heterocycles. The summed E-state index contributed by atoms with van der Waals surface area (Å²) >= 11 is 0. The quantitative estimate of drug-likeness (QED) is 0.468. The molecular weight excluding hydrogens is 268 g/mol. The van der Waals surface area contributed by atoms with Gasteiger partial charge >= 0.3 is 0 Å². The molecule has 0 saturated heterocycles. The Bertz CT molecular complexity index is 843. The first-order chi connectivity index (χ1) is 10.6. The lowest BCUT2D eigenvalue weighted by atomic mass is 9.95. The molecule has 0 aliphatic rings. The van der Waals surface area contributed by atoms with Crippen LogP contribution in [0.4, 0.5) is 0 Å². The van der Waals surface area contributed by atoms with E-state index in [0.717, 1.165) is 11.2 Å². The first kappa shape index (κ1) is 16.1. The number of fused-ring (bicyclic) bond motifs is 3. The summed E-state index contributed by atoms with van der Waals surface area (Å²) < 4.78 is 6.04. The molecule has 3 rings (SSSR count). The van der Waals surface area contributed by atoms with Gasteiger partial charge in [-0.3, -0.25) is 0 Å². The molecule has 0 amide bonds. The summed E-state index contributed by atoms with van der Waals surface area (Å²) in [6.45, 7) is 14.3. The van der Waals surface area contributed by atoms with Gasteiger partial charge in [0.05, 0.1) is 0 Å². The van der Waals surface area contributed by atoms with Gasteiger partial charge in [0, 0.05) is 16.3 Å². The summed E-state index contributed by atoms with van der Waals surface area (Å²) in [6, 6.07) is 12.5. The highest BCUT2D eigenvalue weighted by atomic mass is 16.3. The summed E-state index contributed by atoms with van der Waals surface area (Å²) in [5.41, 5.74) is 6.74. The number of hydrogen-bond donors (Lipinski definition) is 0. The van der Waals surface area contributed by atoms with E-state index >= 15 is 0 Å². The zero-order valence-corrected chi connectivity index (χ0v) is 14.2. The zero-order chi connectivity index (χ0) is 16.3. The molecule has 114 valence electrons. The fraction of sp³-hybridized carbons (Fsp3) is 0.238. The molecule has 3 aromatic rings. The SMILES string of the molecule is C=CC(=C(C)C)c1ccc2c(oc3ccccc32)c1C.CC. The monoisotopic (exact) mass is 292 g/mol. The van der Waals surface area contributed by atoms with E-state index in [9.17, 15) is 0 Å². The average molecular weight is 292 g/mol. The molecule has 0 aliphatic heterocycles. The Morgan fingerprint density at radius 3 is 2.32 bits per heavy atom. The van der Waals surface area contributed by atoms with Crippen molar-refractivity contribution in [2.45, 2.75) is 34.6 Å². The number of aryl methyl sites for hydroxylation is 1. The topological polar surface area (TPSA) is 13.1 Å². The van der Waals surface area contributed by atoms with Crippen LogP contribution in [0.15, 0.2) is 59.0 Å². The Balaban J connectivity index is 0.000000847. The molecule has 0 aliphatic carbocycles. The molecule has 1 heteroatoms. The molecule has 22 heavy (non-hydrogen) atoms. The molecule has 0 unspecified atom stereocenters. The first-order valence-corrected chi connectivity index (χ1v) is 7.84.